The van der Waals surface area contributed by atoms with E-state index in [2.05, 4.69) is 20.5 Å². The molecule has 9 heteroatoms. The lowest BCUT2D eigenvalue weighted by atomic mass is 10.1. The number of benzene rings is 2. The molecule has 3 amide bonds. The summed E-state index contributed by atoms with van der Waals surface area (Å²) in [5.74, 6) is 0.310. The van der Waals surface area contributed by atoms with Gasteiger partial charge in [-0.25, -0.2) is 14.6 Å². The zero-order chi connectivity index (χ0) is 24.6. The second kappa shape index (κ2) is 11.1. The maximum absolute atomic E-state index is 12.9. The first-order valence-corrected chi connectivity index (χ1v) is 11.4. The predicted octanol–water partition coefficient (Wildman–Crippen LogP) is 3.86. The second-order valence-electron chi connectivity index (χ2n) is 7.93. The van der Waals surface area contributed by atoms with Gasteiger partial charge in [-0.2, -0.15) is 0 Å². The van der Waals surface area contributed by atoms with Crippen LogP contribution in [0.15, 0.2) is 72.9 Å². The number of aromatic nitrogens is 1. The van der Waals surface area contributed by atoms with Crippen molar-refractivity contribution < 1.29 is 19.1 Å². The van der Waals surface area contributed by atoms with Crippen LogP contribution in [0.5, 0.6) is 0 Å². The van der Waals surface area contributed by atoms with E-state index >= 15 is 0 Å². The van der Waals surface area contributed by atoms with Crippen LogP contribution in [0.3, 0.4) is 0 Å². The first-order chi connectivity index (χ1) is 17.0. The third-order valence-corrected chi connectivity index (χ3v) is 5.57. The molecule has 4 rings (SSSR count). The zero-order valence-electron chi connectivity index (χ0n) is 19.4. The molecule has 1 aliphatic rings. The standard InChI is InChI=1S/C26H27N5O4/c1-2-35-25(33)20-10-13-23(27-18-20)30-14-16-31(17-15-30)24(32)19-8-11-22(12-9-19)29-26(34)28-21-6-4-3-5-7-21/h3-13,18H,2,14-17H2,1H3,(H2,28,29,34). The van der Waals surface area contributed by atoms with E-state index in [1.54, 1.807) is 60.4 Å². The van der Waals surface area contributed by atoms with E-state index in [9.17, 15) is 14.4 Å². The Balaban J connectivity index is 1.28. The van der Waals surface area contributed by atoms with E-state index in [1.165, 1.54) is 6.20 Å². The van der Waals surface area contributed by atoms with Crippen molar-refractivity contribution in [3.8, 4) is 0 Å². The van der Waals surface area contributed by atoms with Crippen molar-refractivity contribution in [2.45, 2.75) is 6.92 Å². The highest BCUT2D eigenvalue weighted by atomic mass is 16.5. The Morgan fingerprint density at radius 2 is 1.46 bits per heavy atom. The van der Waals surface area contributed by atoms with Crippen LogP contribution in [-0.4, -0.2) is 60.6 Å². The number of rotatable bonds is 6. The lowest BCUT2D eigenvalue weighted by Crippen LogP contribution is -2.49. The number of para-hydroxylation sites is 1. The van der Waals surface area contributed by atoms with Crippen LogP contribution >= 0.6 is 0 Å². The molecule has 1 fully saturated rings. The van der Waals surface area contributed by atoms with Gasteiger partial charge in [0.2, 0.25) is 0 Å². The number of piperazine rings is 1. The van der Waals surface area contributed by atoms with Gasteiger partial charge in [-0.3, -0.25) is 4.79 Å². The van der Waals surface area contributed by atoms with Crippen LogP contribution in [0.2, 0.25) is 0 Å². The minimum atomic E-state index is -0.389. The molecule has 0 unspecified atom stereocenters. The lowest BCUT2D eigenvalue weighted by Gasteiger charge is -2.35. The molecule has 0 bridgehead atoms. The summed E-state index contributed by atoms with van der Waals surface area (Å²) in [6, 6.07) is 19.2. The molecule has 35 heavy (non-hydrogen) atoms. The molecule has 0 spiro atoms. The molecular weight excluding hydrogens is 446 g/mol. The lowest BCUT2D eigenvalue weighted by molar-refractivity contribution is 0.0525. The maximum atomic E-state index is 12.9. The molecule has 3 aromatic rings. The number of anilines is 3. The van der Waals surface area contributed by atoms with Crippen molar-refractivity contribution in [3.05, 3.63) is 84.1 Å². The van der Waals surface area contributed by atoms with Gasteiger partial charge in [-0.15, -0.1) is 0 Å². The molecule has 0 saturated carbocycles. The fourth-order valence-corrected chi connectivity index (χ4v) is 3.74. The van der Waals surface area contributed by atoms with Crippen molar-refractivity contribution in [1.82, 2.24) is 9.88 Å². The summed E-state index contributed by atoms with van der Waals surface area (Å²) in [7, 11) is 0. The number of nitrogens with zero attached hydrogens (tertiary/aromatic N) is 3. The van der Waals surface area contributed by atoms with Gasteiger partial charge in [0.15, 0.2) is 0 Å². The van der Waals surface area contributed by atoms with Gasteiger partial charge in [-0.05, 0) is 55.5 Å². The molecule has 2 N–H and O–H groups in total. The summed E-state index contributed by atoms with van der Waals surface area (Å²) in [5.41, 5.74) is 2.27. The Bertz CT molecular complexity index is 1160. The number of esters is 1. The minimum absolute atomic E-state index is 0.0597. The van der Waals surface area contributed by atoms with Gasteiger partial charge in [0.05, 0.1) is 12.2 Å². The number of carbonyl (C=O) groups is 3. The van der Waals surface area contributed by atoms with Crippen molar-refractivity contribution in [2.24, 2.45) is 0 Å². The molecule has 9 nitrogen and oxygen atoms in total. The molecule has 2 heterocycles. The Kier molecular flexibility index (Phi) is 7.57. The van der Waals surface area contributed by atoms with Crippen LogP contribution in [0.1, 0.15) is 27.6 Å². The largest absolute Gasteiger partial charge is 0.462 e. The highest BCUT2D eigenvalue weighted by Crippen LogP contribution is 2.17. The van der Waals surface area contributed by atoms with Gasteiger partial charge in [0, 0.05) is 49.3 Å². The maximum Gasteiger partial charge on any atom is 0.339 e. The van der Waals surface area contributed by atoms with Crippen molar-refractivity contribution in [1.29, 1.82) is 0 Å². The van der Waals surface area contributed by atoms with Crippen LogP contribution in [0, 0.1) is 0 Å². The molecule has 0 radical (unpaired) electrons. The normalized spacial score (nSPS) is 13.2. The SMILES string of the molecule is CCOC(=O)c1ccc(N2CCN(C(=O)c3ccc(NC(=O)Nc4ccccc4)cc3)CC2)nc1. The fourth-order valence-electron chi connectivity index (χ4n) is 3.74. The number of carbonyl (C=O) groups excluding carboxylic acids is 3. The predicted molar refractivity (Wildman–Crippen MR) is 134 cm³/mol. The summed E-state index contributed by atoms with van der Waals surface area (Å²) >= 11 is 0. The highest BCUT2D eigenvalue weighted by molar-refractivity contribution is 6.00. The van der Waals surface area contributed by atoms with Gasteiger partial charge in [0.1, 0.15) is 5.82 Å². The zero-order valence-corrected chi connectivity index (χ0v) is 19.4. The summed E-state index contributed by atoms with van der Waals surface area (Å²) in [6.07, 6.45) is 1.51. The third-order valence-electron chi connectivity index (χ3n) is 5.57. The molecule has 0 atom stereocenters. The van der Waals surface area contributed by atoms with Crippen molar-refractivity contribution >= 4 is 35.1 Å². The Hall–Kier alpha value is -4.40. The van der Waals surface area contributed by atoms with Gasteiger partial charge in [0.25, 0.3) is 5.91 Å². The quantitative estimate of drug-likeness (QED) is 0.527. The molecule has 0 aliphatic carbocycles. The number of ether oxygens (including phenoxy) is 1. The topological polar surface area (TPSA) is 104 Å². The van der Waals surface area contributed by atoms with Gasteiger partial charge < -0.3 is 25.2 Å². The van der Waals surface area contributed by atoms with Crippen LogP contribution in [0.4, 0.5) is 22.0 Å². The third kappa shape index (κ3) is 6.14. The molecule has 180 valence electrons. The molecular formula is C26H27N5O4. The average Bonchev–Trinajstić information content (AvgIpc) is 2.89. The Labute approximate surface area is 203 Å². The minimum Gasteiger partial charge on any atom is -0.462 e. The van der Waals surface area contributed by atoms with E-state index in [-0.39, 0.29) is 17.9 Å². The van der Waals surface area contributed by atoms with E-state index in [4.69, 9.17) is 4.74 Å². The van der Waals surface area contributed by atoms with Crippen LogP contribution in [-0.2, 0) is 4.74 Å². The molecule has 2 aromatic carbocycles. The van der Waals surface area contributed by atoms with E-state index in [0.717, 1.165) is 5.82 Å². The van der Waals surface area contributed by atoms with Crippen molar-refractivity contribution in [2.75, 3.05) is 48.3 Å². The average molecular weight is 474 g/mol. The molecule has 1 saturated heterocycles. The first-order valence-electron chi connectivity index (χ1n) is 11.4. The Morgan fingerprint density at radius 3 is 2.06 bits per heavy atom. The number of urea groups is 1. The first kappa shape index (κ1) is 23.7. The molecule has 1 aliphatic heterocycles. The Morgan fingerprint density at radius 1 is 0.829 bits per heavy atom. The van der Waals surface area contributed by atoms with Gasteiger partial charge in [-0.1, -0.05) is 18.2 Å². The summed E-state index contributed by atoms with van der Waals surface area (Å²) < 4.78 is 4.99. The van der Waals surface area contributed by atoms with Crippen LogP contribution in [0.25, 0.3) is 0 Å². The van der Waals surface area contributed by atoms with Crippen LogP contribution < -0.4 is 15.5 Å². The fraction of sp³-hybridized carbons (Fsp3) is 0.231. The van der Waals surface area contributed by atoms with E-state index in [1.807, 2.05) is 18.2 Å². The summed E-state index contributed by atoms with van der Waals surface area (Å²) in [5, 5.41) is 5.51. The smallest absolute Gasteiger partial charge is 0.339 e. The number of hydrogen-bond donors (Lipinski definition) is 2. The highest BCUT2D eigenvalue weighted by Gasteiger charge is 2.23. The number of nitrogens with one attached hydrogen (secondary N) is 2. The number of amides is 3. The summed E-state index contributed by atoms with van der Waals surface area (Å²) in [4.78, 5) is 45.1. The van der Waals surface area contributed by atoms with Crippen molar-refractivity contribution in [3.63, 3.8) is 0 Å². The van der Waals surface area contributed by atoms with E-state index in [0.29, 0.717) is 55.3 Å². The monoisotopic (exact) mass is 473 g/mol. The number of hydrogen-bond acceptors (Lipinski definition) is 6. The molecule has 1 aromatic heterocycles. The van der Waals surface area contributed by atoms with Gasteiger partial charge >= 0.3 is 12.0 Å². The summed E-state index contributed by atoms with van der Waals surface area (Å²) in [6.45, 7) is 4.46. The number of pyridine rings is 1. The second-order valence-corrected chi connectivity index (χ2v) is 7.93. The van der Waals surface area contributed by atoms with E-state index < -0.39 is 0 Å².